The SMILES string of the molecule is CC(C)(C)NC(=O)CCCN1C(=O)COc2ccc(C(C)(C)C)cc21. The zero-order chi connectivity index (χ0) is 18.8. The van der Waals surface area contributed by atoms with Gasteiger partial charge in [-0.3, -0.25) is 9.59 Å². The topological polar surface area (TPSA) is 58.6 Å². The Labute approximate surface area is 150 Å². The number of ether oxygens (including phenoxy) is 1. The van der Waals surface area contributed by atoms with Gasteiger partial charge in [-0.25, -0.2) is 0 Å². The van der Waals surface area contributed by atoms with E-state index in [9.17, 15) is 9.59 Å². The lowest BCUT2D eigenvalue weighted by atomic mass is 9.86. The summed E-state index contributed by atoms with van der Waals surface area (Å²) in [5.41, 5.74) is 1.72. The van der Waals surface area contributed by atoms with E-state index in [4.69, 9.17) is 4.74 Å². The van der Waals surface area contributed by atoms with Gasteiger partial charge in [0.25, 0.3) is 5.91 Å². The minimum Gasteiger partial charge on any atom is -0.482 e. The number of fused-ring (bicyclic) bond motifs is 1. The molecule has 0 aliphatic carbocycles. The molecular formula is C20H30N2O3. The van der Waals surface area contributed by atoms with E-state index in [0.29, 0.717) is 19.4 Å². The molecule has 0 spiro atoms. The highest BCUT2D eigenvalue weighted by Gasteiger charge is 2.27. The minimum atomic E-state index is -0.236. The van der Waals surface area contributed by atoms with E-state index >= 15 is 0 Å². The molecule has 1 aliphatic heterocycles. The molecule has 0 saturated heterocycles. The van der Waals surface area contributed by atoms with Crippen molar-refractivity contribution < 1.29 is 14.3 Å². The molecule has 0 unspecified atom stereocenters. The summed E-state index contributed by atoms with van der Waals surface area (Å²) in [7, 11) is 0. The molecule has 0 fully saturated rings. The average molecular weight is 346 g/mol. The van der Waals surface area contributed by atoms with Crippen molar-refractivity contribution in [1.29, 1.82) is 0 Å². The number of benzene rings is 1. The van der Waals surface area contributed by atoms with E-state index in [2.05, 4.69) is 26.1 Å². The highest BCUT2D eigenvalue weighted by molar-refractivity contribution is 5.98. The van der Waals surface area contributed by atoms with E-state index in [-0.39, 0.29) is 29.4 Å². The number of nitrogens with zero attached hydrogens (tertiary/aromatic N) is 1. The van der Waals surface area contributed by atoms with Gasteiger partial charge in [-0.15, -0.1) is 0 Å². The maximum absolute atomic E-state index is 12.3. The number of hydrogen-bond donors (Lipinski definition) is 1. The number of nitrogens with one attached hydrogen (secondary N) is 1. The molecule has 0 saturated carbocycles. The van der Waals surface area contributed by atoms with Gasteiger partial charge in [-0.2, -0.15) is 0 Å². The van der Waals surface area contributed by atoms with Gasteiger partial charge in [0.15, 0.2) is 6.61 Å². The number of amides is 2. The van der Waals surface area contributed by atoms with Crippen LogP contribution in [0.4, 0.5) is 5.69 Å². The first kappa shape index (κ1) is 19.3. The van der Waals surface area contributed by atoms with E-state index in [0.717, 1.165) is 17.0 Å². The van der Waals surface area contributed by atoms with Crippen molar-refractivity contribution in [2.24, 2.45) is 0 Å². The van der Waals surface area contributed by atoms with E-state index in [1.807, 2.05) is 39.0 Å². The second-order valence-corrected chi connectivity index (χ2v) is 8.67. The van der Waals surface area contributed by atoms with Gasteiger partial charge in [0.05, 0.1) is 5.69 Å². The fourth-order valence-electron chi connectivity index (χ4n) is 2.79. The average Bonchev–Trinajstić information content (AvgIpc) is 2.46. The monoisotopic (exact) mass is 346 g/mol. The van der Waals surface area contributed by atoms with Crippen LogP contribution in [0.15, 0.2) is 18.2 Å². The summed E-state index contributed by atoms with van der Waals surface area (Å²) >= 11 is 0. The number of anilines is 1. The Morgan fingerprint density at radius 3 is 2.48 bits per heavy atom. The van der Waals surface area contributed by atoms with Crippen LogP contribution >= 0.6 is 0 Å². The predicted molar refractivity (Wildman–Crippen MR) is 100 cm³/mol. The lowest BCUT2D eigenvalue weighted by molar-refractivity contribution is -0.123. The minimum absolute atomic E-state index is 0.00616. The Balaban J connectivity index is 2.09. The van der Waals surface area contributed by atoms with Crippen LogP contribution in [0.5, 0.6) is 5.75 Å². The molecule has 1 aromatic carbocycles. The Morgan fingerprint density at radius 1 is 1.20 bits per heavy atom. The summed E-state index contributed by atoms with van der Waals surface area (Å²) in [6, 6.07) is 6.01. The van der Waals surface area contributed by atoms with Gasteiger partial charge in [-0.05, 0) is 50.3 Å². The highest BCUT2D eigenvalue weighted by Crippen LogP contribution is 2.36. The summed E-state index contributed by atoms with van der Waals surface area (Å²) in [6.07, 6.45) is 1.02. The maximum atomic E-state index is 12.3. The number of rotatable bonds is 4. The van der Waals surface area contributed by atoms with Crippen LogP contribution in [0, 0.1) is 0 Å². The van der Waals surface area contributed by atoms with Gasteiger partial charge in [0.1, 0.15) is 5.75 Å². The summed E-state index contributed by atoms with van der Waals surface area (Å²) < 4.78 is 5.56. The summed E-state index contributed by atoms with van der Waals surface area (Å²) in [5, 5.41) is 2.95. The van der Waals surface area contributed by atoms with Gasteiger partial charge in [-0.1, -0.05) is 26.8 Å². The fraction of sp³-hybridized carbons (Fsp3) is 0.600. The molecule has 0 aromatic heterocycles. The lowest BCUT2D eigenvalue weighted by Crippen LogP contribution is -2.42. The highest BCUT2D eigenvalue weighted by atomic mass is 16.5. The van der Waals surface area contributed by atoms with Crippen molar-refractivity contribution >= 4 is 17.5 Å². The second kappa shape index (κ2) is 7.06. The van der Waals surface area contributed by atoms with Crippen molar-refractivity contribution in [2.75, 3.05) is 18.1 Å². The zero-order valence-electron chi connectivity index (χ0n) is 16.2. The summed E-state index contributed by atoms with van der Waals surface area (Å²) in [5.74, 6) is 0.679. The molecule has 2 amide bonds. The molecule has 5 nitrogen and oxygen atoms in total. The summed E-state index contributed by atoms with van der Waals surface area (Å²) in [6.45, 7) is 12.9. The Morgan fingerprint density at radius 2 is 1.88 bits per heavy atom. The Hall–Kier alpha value is -2.04. The van der Waals surface area contributed by atoms with E-state index in [1.165, 1.54) is 0 Å². The molecule has 25 heavy (non-hydrogen) atoms. The van der Waals surface area contributed by atoms with Gasteiger partial charge in [0.2, 0.25) is 5.91 Å². The van der Waals surface area contributed by atoms with Crippen LogP contribution in [0.2, 0.25) is 0 Å². The molecule has 1 N–H and O–H groups in total. The van der Waals surface area contributed by atoms with Crippen LogP contribution in [0.25, 0.3) is 0 Å². The first-order valence-corrected chi connectivity index (χ1v) is 8.86. The first-order chi connectivity index (χ1) is 11.5. The number of hydrogen-bond acceptors (Lipinski definition) is 3. The lowest BCUT2D eigenvalue weighted by Gasteiger charge is -2.31. The van der Waals surface area contributed by atoms with E-state index in [1.54, 1.807) is 4.90 Å². The van der Waals surface area contributed by atoms with Crippen molar-refractivity contribution in [3.05, 3.63) is 23.8 Å². The molecule has 138 valence electrons. The third-order valence-electron chi connectivity index (χ3n) is 4.07. The Bertz CT molecular complexity index is 654. The van der Waals surface area contributed by atoms with E-state index < -0.39 is 0 Å². The van der Waals surface area contributed by atoms with Crippen LogP contribution in [-0.2, 0) is 15.0 Å². The molecule has 0 radical (unpaired) electrons. The third-order valence-corrected chi connectivity index (χ3v) is 4.07. The maximum Gasteiger partial charge on any atom is 0.265 e. The molecule has 1 aliphatic rings. The molecule has 1 heterocycles. The molecular weight excluding hydrogens is 316 g/mol. The van der Waals surface area contributed by atoms with Crippen molar-refractivity contribution in [1.82, 2.24) is 5.32 Å². The largest absolute Gasteiger partial charge is 0.482 e. The molecule has 2 rings (SSSR count). The molecule has 0 bridgehead atoms. The van der Waals surface area contributed by atoms with Gasteiger partial charge in [0, 0.05) is 18.5 Å². The normalized spacial score (nSPS) is 14.8. The predicted octanol–water partition coefficient (Wildman–Crippen LogP) is 3.40. The van der Waals surface area contributed by atoms with Crippen molar-refractivity contribution in [2.45, 2.75) is 65.3 Å². The Kier molecular flexibility index (Phi) is 5.45. The number of carbonyl (C=O) groups is 2. The van der Waals surface area contributed by atoms with Gasteiger partial charge >= 0.3 is 0 Å². The molecule has 5 heteroatoms. The first-order valence-electron chi connectivity index (χ1n) is 8.86. The quantitative estimate of drug-likeness (QED) is 0.909. The van der Waals surface area contributed by atoms with Crippen LogP contribution in [-0.4, -0.2) is 30.5 Å². The number of carbonyl (C=O) groups excluding carboxylic acids is 2. The van der Waals surface area contributed by atoms with Crippen LogP contribution in [0.3, 0.4) is 0 Å². The smallest absolute Gasteiger partial charge is 0.265 e. The van der Waals surface area contributed by atoms with Crippen LogP contribution < -0.4 is 15.0 Å². The van der Waals surface area contributed by atoms with Crippen molar-refractivity contribution in [3.8, 4) is 5.75 Å². The zero-order valence-corrected chi connectivity index (χ0v) is 16.2. The molecule has 0 atom stereocenters. The second-order valence-electron chi connectivity index (χ2n) is 8.67. The fourth-order valence-corrected chi connectivity index (χ4v) is 2.79. The molecule has 1 aromatic rings. The standard InChI is InChI=1S/C20H30N2O3/c1-19(2,3)14-9-10-16-15(12-14)22(18(24)13-25-16)11-7-8-17(23)21-20(4,5)6/h9-10,12H,7-8,11,13H2,1-6H3,(H,21,23). The third kappa shape index (κ3) is 5.21. The summed E-state index contributed by atoms with van der Waals surface area (Å²) in [4.78, 5) is 26.0. The van der Waals surface area contributed by atoms with Gasteiger partial charge < -0.3 is 15.0 Å². The van der Waals surface area contributed by atoms with Crippen molar-refractivity contribution in [3.63, 3.8) is 0 Å². The van der Waals surface area contributed by atoms with Crippen LogP contribution in [0.1, 0.15) is 59.9 Å².